The fraction of sp³-hybridized carbons (Fsp3) is 0.412. The number of hydrogen-bond acceptors (Lipinski definition) is 3. The van der Waals surface area contributed by atoms with Gasteiger partial charge in [-0.15, -0.1) is 0 Å². The second kappa shape index (κ2) is 6.75. The Morgan fingerprint density at radius 1 is 1.18 bits per heavy atom. The number of likely N-dealkylation sites (tertiary alicyclic amines) is 1. The molecule has 1 aromatic heterocycles. The van der Waals surface area contributed by atoms with Crippen LogP contribution in [0, 0.1) is 0 Å². The molecule has 116 valence electrons. The van der Waals surface area contributed by atoms with E-state index in [0.29, 0.717) is 12.2 Å². The third-order valence-electron chi connectivity index (χ3n) is 4.02. The topological polar surface area (TPSA) is 47.4 Å². The number of carbonyl (C=O) groups is 1. The number of carbonyl (C=O) groups excluding carboxylic acids is 1. The molecule has 0 spiro atoms. The standard InChI is InChI=1S/C17H21N3O2/c1-22-13-16-15(17(21)19-10-6-3-7-11-19)12-18-20(16)14-8-4-2-5-9-14/h2,4-5,8-9,12H,3,6-7,10-11,13H2,1H3. The summed E-state index contributed by atoms with van der Waals surface area (Å²) in [5.74, 6) is 0.0638. The molecule has 5 heteroatoms. The summed E-state index contributed by atoms with van der Waals surface area (Å²) in [6.07, 6.45) is 5.03. The molecule has 0 unspecified atom stereocenters. The molecule has 2 heterocycles. The van der Waals surface area contributed by atoms with E-state index in [1.165, 1.54) is 6.42 Å². The van der Waals surface area contributed by atoms with Crippen molar-refractivity contribution < 1.29 is 9.53 Å². The molecule has 0 N–H and O–H groups in total. The Kier molecular flexibility index (Phi) is 4.53. The zero-order valence-corrected chi connectivity index (χ0v) is 12.9. The van der Waals surface area contributed by atoms with Gasteiger partial charge < -0.3 is 9.64 Å². The van der Waals surface area contributed by atoms with Gasteiger partial charge in [0.2, 0.25) is 0 Å². The first kappa shape index (κ1) is 14.8. The van der Waals surface area contributed by atoms with E-state index in [0.717, 1.165) is 37.3 Å². The van der Waals surface area contributed by atoms with Crippen LogP contribution in [0.25, 0.3) is 5.69 Å². The van der Waals surface area contributed by atoms with E-state index >= 15 is 0 Å². The number of methoxy groups -OCH3 is 1. The summed E-state index contributed by atoms with van der Waals surface area (Å²) in [4.78, 5) is 14.7. The number of benzene rings is 1. The molecule has 1 saturated heterocycles. The molecule has 1 aromatic carbocycles. The molecule has 0 saturated carbocycles. The van der Waals surface area contributed by atoms with Gasteiger partial charge in [0.1, 0.15) is 0 Å². The molecule has 1 aliphatic rings. The molecule has 0 radical (unpaired) electrons. The summed E-state index contributed by atoms with van der Waals surface area (Å²) < 4.78 is 7.09. The maximum absolute atomic E-state index is 12.8. The molecule has 1 fully saturated rings. The summed E-state index contributed by atoms with van der Waals surface area (Å²) in [5.41, 5.74) is 2.39. The summed E-state index contributed by atoms with van der Waals surface area (Å²) in [7, 11) is 1.64. The molecule has 1 amide bonds. The minimum atomic E-state index is 0.0638. The quantitative estimate of drug-likeness (QED) is 0.872. The Morgan fingerprint density at radius 3 is 2.59 bits per heavy atom. The number of aromatic nitrogens is 2. The van der Waals surface area contributed by atoms with E-state index in [1.807, 2.05) is 35.2 Å². The minimum Gasteiger partial charge on any atom is -0.378 e. The van der Waals surface area contributed by atoms with Crippen molar-refractivity contribution in [1.82, 2.24) is 14.7 Å². The third kappa shape index (κ3) is 2.90. The van der Waals surface area contributed by atoms with Crippen LogP contribution >= 0.6 is 0 Å². The molecule has 5 nitrogen and oxygen atoms in total. The van der Waals surface area contributed by atoms with Gasteiger partial charge in [0.05, 0.1) is 29.7 Å². The fourth-order valence-corrected chi connectivity index (χ4v) is 2.89. The highest BCUT2D eigenvalue weighted by molar-refractivity contribution is 5.95. The highest BCUT2D eigenvalue weighted by Crippen LogP contribution is 2.19. The van der Waals surface area contributed by atoms with Crippen molar-refractivity contribution in [1.29, 1.82) is 0 Å². The average Bonchev–Trinajstić information content (AvgIpc) is 3.00. The van der Waals surface area contributed by atoms with Crippen LogP contribution in [0.5, 0.6) is 0 Å². The maximum Gasteiger partial charge on any atom is 0.257 e. The first-order chi connectivity index (χ1) is 10.8. The lowest BCUT2D eigenvalue weighted by atomic mass is 10.1. The van der Waals surface area contributed by atoms with Crippen LogP contribution < -0.4 is 0 Å². The van der Waals surface area contributed by atoms with Gasteiger partial charge in [-0.2, -0.15) is 5.10 Å². The summed E-state index contributed by atoms with van der Waals surface area (Å²) in [5, 5.41) is 4.41. The monoisotopic (exact) mass is 299 g/mol. The smallest absolute Gasteiger partial charge is 0.257 e. The van der Waals surface area contributed by atoms with Gasteiger partial charge >= 0.3 is 0 Å². The van der Waals surface area contributed by atoms with Gasteiger partial charge in [0.25, 0.3) is 5.91 Å². The number of piperidine rings is 1. The zero-order valence-electron chi connectivity index (χ0n) is 12.9. The second-order valence-corrected chi connectivity index (χ2v) is 5.54. The number of amides is 1. The Morgan fingerprint density at radius 2 is 1.91 bits per heavy atom. The first-order valence-electron chi connectivity index (χ1n) is 7.72. The van der Waals surface area contributed by atoms with Crippen molar-refractivity contribution in [2.45, 2.75) is 25.9 Å². The van der Waals surface area contributed by atoms with Gasteiger partial charge in [-0.05, 0) is 31.4 Å². The van der Waals surface area contributed by atoms with Crippen LogP contribution in [0.4, 0.5) is 0 Å². The number of nitrogens with zero attached hydrogens (tertiary/aromatic N) is 3. The van der Waals surface area contributed by atoms with Crippen molar-refractivity contribution in [2.75, 3.05) is 20.2 Å². The van der Waals surface area contributed by atoms with Crippen LogP contribution in [-0.4, -0.2) is 40.8 Å². The van der Waals surface area contributed by atoms with E-state index in [-0.39, 0.29) is 5.91 Å². The van der Waals surface area contributed by atoms with Gasteiger partial charge in [-0.3, -0.25) is 4.79 Å². The summed E-state index contributed by atoms with van der Waals surface area (Å²) >= 11 is 0. The summed E-state index contributed by atoms with van der Waals surface area (Å²) in [6.45, 7) is 2.04. The van der Waals surface area contributed by atoms with Crippen molar-refractivity contribution >= 4 is 5.91 Å². The molecule has 0 atom stereocenters. The Bertz CT molecular complexity index is 631. The van der Waals surface area contributed by atoms with Crippen molar-refractivity contribution in [2.24, 2.45) is 0 Å². The highest BCUT2D eigenvalue weighted by Gasteiger charge is 2.24. The predicted octanol–water partition coefficient (Wildman–Crippen LogP) is 2.64. The molecule has 0 bridgehead atoms. The minimum absolute atomic E-state index is 0.0638. The van der Waals surface area contributed by atoms with Gasteiger partial charge in [-0.25, -0.2) is 4.68 Å². The third-order valence-corrected chi connectivity index (χ3v) is 4.02. The number of ether oxygens (including phenoxy) is 1. The largest absolute Gasteiger partial charge is 0.378 e. The van der Waals surface area contributed by atoms with Crippen molar-refractivity contribution in [3.05, 3.63) is 47.8 Å². The van der Waals surface area contributed by atoms with Crippen LogP contribution in [-0.2, 0) is 11.3 Å². The zero-order chi connectivity index (χ0) is 15.4. The SMILES string of the molecule is COCc1c(C(=O)N2CCCCC2)cnn1-c1ccccc1. The Hall–Kier alpha value is -2.14. The normalized spacial score (nSPS) is 15.0. The van der Waals surface area contributed by atoms with E-state index < -0.39 is 0 Å². The van der Waals surface area contributed by atoms with Gasteiger partial charge in [-0.1, -0.05) is 18.2 Å². The van der Waals surface area contributed by atoms with Crippen LogP contribution in [0.2, 0.25) is 0 Å². The van der Waals surface area contributed by atoms with Crippen molar-refractivity contribution in [3.63, 3.8) is 0 Å². The van der Waals surface area contributed by atoms with Crippen molar-refractivity contribution in [3.8, 4) is 5.69 Å². The molecular weight excluding hydrogens is 278 g/mol. The molecule has 3 rings (SSSR count). The van der Waals surface area contributed by atoms with Crippen LogP contribution in [0.1, 0.15) is 35.3 Å². The van der Waals surface area contributed by atoms with E-state index in [4.69, 9.17) is 4.74 Å². The average molecular weight is 299 g/mol. The fourth-order valence-electron chi connectivity index (χ4n) is 2.89. The van der Waals surface area contributed by atoms with Gasteiger partial charge in [0.15, 0.2) is 0 Å². The van der Waals surface area contributed by atoms with Gasteiger partial charge in [0, 0.05) is 20.2 Å². The van der Waals surface area contributed by atoms with E-state index in [1.54, 1.807) is 18.0 Å². The lowest BCUT2D eigenvalue weighted by molar-refractivity contribution is 0.0719. The number of hydrogen-bond donors (Lipinski definition) is 0. The molecule has 22 heavy (non-hydrogen) atoms. The lowest BCUT2D eigenvalue weighted by Crippen LogP contribution is -2.36. The number of para-hydroxylation sites is 1. The first-order valence-corrected chi connectivity index (χ1v) is 7.72. The second-order valence-electron chi connectivity index (χ2n) is 5.54. The van der Waals surface area contributed by atoms with Crippen LogP contribution in [0.15, 0.2) is 36.5 Å². The van der Waals surface area contributed by atoms with E-state index in [2.05, 4.69) is 5.10 Å². The molecule has 2 aromatic rings. The van der Waals surface area contributed by atoms with E-state index in [9.17, 15) is 4.79 Å². The molecule has 0 aliphatic carbocycles. The highest BCUT2D eigenvalue weighted by atomic mass is 16.5. The number of rotatable bonds is 4. The Balaban J connectivity index is 1.94. The van der Waals surface area contributed by atoms with Crippen LogP contribution in [0.3, 0.4) is 0 Å². The Labute approximate surface area is 130 Å². The maximum atomic E-state index is 12.8. The molecule has 1 aliphatic heterocycles. The predicted molar refractivity (Wildman–Crippen MR) is 84.0 cm³/mol. The summed E-state index contributed by atoms with van der Waals surface area (Å²) in [6, 6.07) is 9.82. The molecular formula is C17H21N3O2. The lowest BCUT2D eigenvalue weighted by Gasteiger charge is -2.26.